The van der Waals surface area contributed by atoms with Crippen LogP contribution in [0, 0.1) is 33.5 Å². The average Bonchev–Trinajstić information content (AvgIpc) is 2.81. The molecule has 0 N–H and O–H groups in total. The van der Waals surface area contributed by atoms with Gasteiger partial charge in [-0.3, -0.25) is 0 Å². The first-order valence-electron chi connectivity index (χ1n) is 11.4. The van der Waals surface area contributed by atoms with E-state index in [4.69, 9.17) is 0 Å². The van der Waals surface area contributed by atoms with Crippen LogP contribution in [0.2, 0.25) is 0 Å². The van der Waals surface area contributed by atoms with Gasteiger partial charge in [0, 0.05) is 0 Å². The lowest BCUT2D eigenvalue weighted by molar-refractivity contribution is -0.384. The Bertz CT molecular complexity index is 646. The molecule has 0 aromatic heterocycles. The van der Waals surface area contributed by atoms with E-state index in [2.05, 4.69) is 0 Å². The summed E-state index contributed by atoms with van der Waals surface area (Å²) >= 11 is 0. The molecule has 200 valence electrons. The van der Waals surface area contributed by atoms with Crippen LogP contribution in [-0.2, 0) is 0 Å². The van der Waals surface area contributed by atoms with Crippen LogP contribution >= 0.6 is 0 Å². The maximum absolute atomic E-state index is 14.2. The summed E-state index contributed by atoms with van der Waals surface area (Å²) in [5, 5.41) is 0. The Morgan fingerprint density at radius 2 is 0.647 bits per heavy atom. The van der Waals surface area contributed by atoms with Crippen molar-refractivity contribution < 1.29 is 52.7 Å². The first-order chi connectivity index (χ1) is 15.1. The van der Waals surface area contributed by atoms with Gasteiger partial charge in [-0.05, 0) is 87.9 Å². The molecule has 0 radical (unpaired) electrons. The van der Waals surface area contributed by atoms with Crippen molar-refractivity contribution in [3.63, 3.8) is 0 Å². The van der Waals surface area contributed by atoms with E-state index < -0.39 is 96.7 Å². The van der Waals surface area contributed by atoms with Gasteiger partial charge in [0.2, 0.25) is 0 Å². The zero-order chi connectivity index (χ0) is 26.2. The van der Waals surface area contributed by atoms with Gasteiger partial charge >= 0.3 is 24.7 Å². The number of alkyl halides is 12. The van der Waals surface area contributed by atoms with Crippen LogP contribution in [0.15, 0.2) is 0 Å². The SMILES string of the molecule is CC(C(F)(F)F)(C(F)(F)F)C12CCCC(C(C)(C(F)(F)F)C(F)(F)F)(CCC1)C1CCC2CC1. The first-order valence-corrected chi connectivity index (χ1v) is 11.4. The molecule has 0 aromatic rings. The molecule has 0 heterocycles. The normalized spacial score (nSPS) is 34.4. The van der Waals surface area contributed by atoms with Crippen molar-refractivity contribution >= 4 is 0 Å². The maximum Gasteiger partial charge on any atom is 0.403 e. The summed E-state index contributed by atoms with van der Waals surface area (Å²) in [4.78, 5) is 0. The van der Waals surface area contributed by atoms with Crippen LogP contribution in [0.4, 0.5) is 52.7 Å². The van der Waals surface area contributed by atoms with E-state index in [1.54, 1.807) is 0 Å². The minimum absolute atomic E-state index is 0.126. The van der Waals surface area contributed by atoms with E-state index in [-0.39, 0.29) is 39.5 Å². The van der Waals surface area contributed by atoms with E-state index in [0.717, 1.165) is 0 Å². The summed E-state index contributed by atoms with van der Waals surface area (Å²) in [5.41, 5.74) is -12.9. The predicted octanol–water partition coefficient (Wildman–Crippen LogP) is 9.40. The molecule has 6 aliphatic carbocycles. The highest BCUT2D eigenvalue weighted by Crippen LogP contribution is 2.74. The van der Waals surface area contributed by atoms with Gasteiger partial charge in [0.05, 0.1) is 0 Å². The molecule has 6 saturated carbocycles. The molecule has 0 unspecified atom stereocenters. The lowest BCUT2D eigenvalue weighted by atomic mass is 9.50. The van der Waals surface area contributed by atoms with E-state index in [9.17, 15) is 52.7 Å². The van der Waals surface area contributed by atoms with Crippen molar-refractivity contribution in [2.45, 2.75) is 103 Å². The monoisotopic (exact) mass is 520 g/mol. The smallest absolute Gasteiger partial charge is 0.170 e. The summed E-state index contributed by atoms with van der Waals surface area (Å²) in [6, 6.07) is 0. The van der Waals surface area contributed by atoms with Gasteiger partial charge in [-0.25, -0.2) is 0 Å². The second-order valence-electron chi connectivity index (χ2n) is 10.8. The predicted molar refractivity (Wildman–Crippen MR) is 98.5 cm³/mol. The third-order valence-electron chi connectivity index (χ3n) is 10.0. The summed E-state index contributed by atoms with van der Waals surface area (Å²) in [6.07, 6.45) is -27.7. The average molecular weight is 520 g/mol. The molecule has 0 saturated heterocycles. The lowest BCUT2D eigenvalue weighted by Gasteiger charge is -2.55. The molecular weight excluding hydrogens is 492 g/mol. The second-order valence-corrected chi connectivity index (χ2v) is 10.8. The van der Waals surface area contributed by atoms with Gasteiger partial charge < -0.3 is 0 Å². The zero-order valence-corrected chi connectivity index (χ0v) is 18.8. The standard InChI is InChI=1S/C22H28F12/c1-15(19(23,24)25,20(26,27)28)17-9-3-11-18(12-4-10-17,14-7-5-13(17)6-8-14)16(2,21(29,30)31)22(32,33)34/h13-14H,3-12H2,1-2H3. The van der Waals surface area contributed by atoms with E-state index >= 15 is 0 Å². The number of hydrogen-bond acceptors (Lipinski definition) is 0. The molecule has 0 aromatic carbocycles. The maximum atomic E-state index is 14.2. The lowest BCUT2D eigenvalue weighted by Crippen LogP contribution is -2.62. The number of rotatable bonds is 2. The molecule has 6 fully saturated rings. The summed E-state index contributed by atoms with van der Waals surface area (Å²) in [7, 11) is 0. The molecule has 6 aliphatic rings. The van der Waals surface area contributed by atoms with Crippen molar-refractivity contribution in [2.24, 2.45) is 33.5 Å². The van der Waals surface area contributed by atoms with Crippen LogP contribution in [0.1, 0.15) is 78.1 Å². The van der Waals surface area contributed by atoms with Crippen LogP contribution < -0.4 is 0 Å². The molecule has 6 rings (SSSR count). The van der Waals surface area contributed by atoms with Crippen molar-refractivity contribution in [3.8, 4) is 0 Å². The van der Waals surface area contributed by atoms with E-state index in [1.807, 2.05) is 0 Å². The molecule has 0 spiro atoms. The molecule has 4 bridgehead atoms. The Kier molecular flexibility index (Phi) is 6.39. The van der Waals surface area contributed by atoms with Gasteiger partial charge in [0.1, 0.15) is 0 Å². The summed E-state index contributed by atoms with van der Waals surface area (Å²) in [6.45, 7) is 0.253. The minimum Gasteiger partial charge on any atom is -0.170 e. The highest BCUT2D eigenvalue weighted by Gasteiger charge is 2.80. The number of hydrogen-bond donors (Lipinski definition) is 0. The molecule has 0 atom stereocenters. The third kappa shape index (κ3) is 3.41. The summed E-state index contributed by atoms with van der Waals surface area (Å²) < 4.78 is 170. The van der Waals surface area contributed by atoms with Crippen LogP contribution in [0.25, 0.3) is 0 Å². The van der Waals surface area contributed by atoms with Gasteiger partial charge in [-0.1, -0.05) is 12.8 Å². The van der Waals surface area contributed by atoms with Crippen LogP contribution in [0.5, 0.6) is 0 Å². The molecular formula is C22H28F12. The van der Waals surface area contributed by atoms with Crippen molar-refractivity contribution in [1.82, 2.24) is 0 Å². The Labute approximate surface area is 189 Å². The fraction of sp³-hybridized carbons (Fsp3) is 1.00. The molecule has 0 amide bonds. The fourth-order valence-electron chi connectivity index (χ4n) is 7.97. The Morgan fingerprint density at radius 3 is 0.824 bits per heavy atom. The summed E-state index contributed by atoms with van der Waals surface area (Å²) in [5.74, 6) is -2.18. The molecule has 12 heteroatoms. The van der Waals surface area contributed by atoms with Gasteiger partial charge in [0.25, 0.3) is 0 Å². The van der Waals surface area contributed by atoms with Gasteiger partial charge in [-0.15, -0.1) is 0 Å². The van der Waals surface area contributed by atoms with E-state index in [0.29, 0.717) is 0 Å². The molecule has 0 aliphatic heterocycles. The Hall–Kier alpha value is -0.840. The fourth-order valence-corrected chi connectivity index (χ4v) is 7.97. The van der Waals surface area contributed by atoms with E-state index in [1.165, 1.54) is 0 Å². The van der Waals surface area contributed by atoms with Crippen LogP contribution in [0.3, 0.4) is 0 Å². The highest BCUT2D eigenvalue weighted by molar-refractivity contribution is 5.14. The Balaban J connectivity index is 2.24. The third-order valence-corrected chi connectivity index (χ3v) is 10.0. The molecule has 0 nitrogen and oxygen atoms in total. The van der Waals surface area contributed by atoms with Crippen molar-refractivity contribution in [3.05, 3.63) is 0 Å². The van der Waals surface area contributed by atoms with Gasteiger partial charge in [0.15, 0.2) is 10.8 Å². The minimum atomic E-state index is -5.68. The topological polar surface area (TPSA) is 0 Å². The zero-order valence-electron chi connectivity index (χ0n) is 18.8. The quantitative estimate of drug-likeness (QED) is 0.318. The highest BCUT2D eigenvalue weighted by atomic mass is 19.4. The molecule has 34 heavy (non-hydrogen) atoms. The van der Waals surface area contributed by atoms with Crippen molar-refractivity contribution in [1.29, 1.82) is 0 Å². The van der Waals surface area contributed by atoms with Crippen LogP contribution in [-0.4, -0.2) is 24.7 Å². The number of halogens is 12. The Morgan fingerprint density at radius 1 is 0.441 bits per heavy atom. The van der Waals surface area contributed by atoms with Gasteiger partial charge in [-0.2, -0.15) is 52.7 Å². The van der Waals surface area contributed by atoms with Crippen molar-refractivity contribution in [2.75, 3.05) is 0 Å². The second kappa shape index (κ2) is 7.83. The largest absolute Gasteiger partial charge is 0.403 e. The first kappa shape index (κ1) is 27.7.